The van der Waals surface area contributed by atoms with E-state index in [9.17, 15) is 0 Å². The number of nitrogens with zero attached hydrogens (tertiary/aromatic N) is 2. The normalized spacial score (nSPS) is 15.4. The molecule has 1 aliphatic rings. The maximum absolute atomic E-state index is 8.82. The number of rotatable bonds is 4. The van der Waals surface area contributed by atoms with Crippen LogP contribution in [0.4, 0.5) is 0 Å². The minimum atomic E-state index is -2.85. The maximum Gasteiger partial charge on any atom is 0.146 e. The first-order chi connectivity index (χ1) is 27.1. The van der Waals surface area contributed by atoms with Crippen LogP contribution in [-0.4, -0.2) is 9.55 Å². The molecule has 50 heavy (non-hydrogen) atoms. The van der Waals surface area contributed by atoms with Gasteiger partial charge in [0.05, 0.1) is 11.0 Å². The molecular formula is C48H34N2. The fourth-order valence-corrected chi connectivity index (χ4v) is 8.11. The lowest BCUT2D eigenvalue weighted by atomic mass is 9.80. The van der Waals surface area contributed by atoms with Crippen molar-refractivity contribution in [3.05, 3.63) is 181 Å². The van der Waals surface area contributed by atoms with Gasteiger partial charge in [0.2, 0.25) is 0 Å². The van der Waals surface area contributed by atoms with Gasteiger partial charge in [-0.2, -0.15) is 0 Å². The topological polar surface area (TPSA) is 17.8 Å². The molecule has 0 N–H and O–H groups in total. The highest BCUT2D eigenvalue weighted by Gasteiger charge is 2.35. The number of imidazole rings is 1. The molecule has 0 radical (unpaired) electrons. The quantitative estimate of drug-likeness (QED) is 0.174. The van der Waals surface area contributed by atoms with Gasteiger partial charge in [-0.05, 0) is 96.4 Å². The Balaban J connectivity index is 1.27. The first-order valence-corrected chi connectivity index (χ1v) is 16.9. The van der Waals surface area contributed by atoms with Crippen molar-refractivity contribution < 1.29 is 8.22 Å². The Morgan fingerprint density at radius 1 is 0.480 bits per heavy atom. The summed E-state index contributed by atoms with van der Waals surface area (Å²) in [6, 6.07) is 56.3. The smallest absolute Gasteiger partial charge is 0.146 e. The Hall–Kier alpha value is -6.25. The molecule has 2 nitrogen and oxygen atoms in total. The van der Waals surface area contributed by atoms with Gasteiger partial charge >= 0.3 is 0 Å². The molecule has 0 saturated heterocycles. The monoisotopic (exact) mass is 644 g/mol. The summed E-state index contributed by atoms with van der Waals surface area (Å²) >= 11 is 0. The molecule has 9 aromatic rings. The van der Waals surface area contributed by atoms with Crippen LogP contribution >= 0.6 is 0 Å². The second kappa shape index (κ2) is 10.9. The molecule has 0 saturated carbocycles. The van der Waals surface area contributed by atoms with Crippen LogP contribution in [0.1, 0.15) is 33.1 Å². The molecule has 1 aromatic heterocycles. The predicted octanol–water partition coefficient (Wildman–Crippen LogP) is 12.6. The summed E-state index contributed by atoms with van der Waals surface area (Å²) in [5, 5.41) is 3.96. The predicted molar refractivity (Wildman–Crippen MR) is 210 cm³/mol. The molecule has 0 spiro atoms. The molecule has 2 heteroatoms. The van der Waals surface area contributed by atoms with E-state index in [1.54, 1.807) is 12.1 Å². The van der Waals surface area contributed by atoms with Gasteiger partial charge in [0.25, 0.3) is 0 Å². The molecule has 10 rings (SSSR count). The van der Waals surface area contributed by atoms with Gasteiger partial charge in [-0.15, -0.1) is 0 Å². The number of hydrogen-bond donors (Lipinski definition) is 0. The molecule has 1 aliphatic carbocycles. The minimum absolute atomic E-state index is 0.304. The van der Waals surface area contributed by atoms with Crippen LogP contribution in [0.2, 0.25) is 0 Å². The zero-order chi connectivity index (χ0) is 38.4. The van der Waals surface area contributed by atoms with E-state index in [-0.39, 0.29) is 0 Å². The summed E-state index contributed by atoms with van der Waals surface area (Å²) in [5.41, 5.74) is 7.35. The molecule has 1 heterocycles. The number of aromatic nitrogens is 2. The largest absolute Gasteiger partial charge is 0.292 e. The molecule has 0 bridgehead atoms. The van der Waals surface area contributed by atoms with E-state index in [0.29, 0.717) is 22.3 Å². The van der Waals surface area contributed by atoms with Gasteiger partial charge in [-0.25, -0.2) is 4.98 Å². The van der Waals surface area contributed by atoms with Gasteiger partial charge < -0.3 is 0 Å². The summed E-state index contributed by atoms with van der Waals surface area (Å²) < 4.78 is 55.1. The highest BCUT2D eigenvalue weighted by Crippen LogP contribution is 2.51. The van der Waals surface area contributed by atoms with E-state index < -0.39 is 19.1 Å². The van der Waals surface area contributed by atoms with Crippen LogP contribution < -0.4 is 0 Å². The van der Waals surface area contributed by atoms with Crippen molar-refractivity contribution in [2.24, 2.45) is 0 Å². The maximum atomic E-state index is 8.82. The molecule has 236 valence electrons. The summed E-state index contributed by atoms with van der Waals surface area (Å²) in [6.07, 6.45) is 0. The first-order valence-electron chi connectivity index (χ1n) is 19.9. The van der Waals surface area contributed by atoms with Crippen molar-refractivity contribution in [2.45, 2.75) is 19.1 Å². The van der Waals surface area contributed by atoms with E-state index in [1.165, 1.54) is 0 Å². The molecule has 8 aromatic carbocycles. The van der Waals surface area contributed by atoms with Crippen molar-refractivity contribution in [1.29, 1.82) is 0 Å². The lowest BCUT2D eigenvalue weighted by Gasteiger charge is -2.23. The molecule has 0 fully saturated rings. The third-order valence-corrected chi connectivity index (χ3v) is 10.3. The Labute approximate surface area is 300 Å². The van der Waals surface area contributed by atoms with Crippen molar-refractivity contribution >= 4 is 32.6 Å². The third kappa shape index (κ3) is 4.12. The Morgan fingerprint density at radius 2 is 1.04 bits per heavy atom. The summed E-state index contributed by atoms with van der Waals surface area (Å²) in [5.74, 6) is 0.828. The molecular weight excluding hydrogens is 605 g/mol. The van der Waals surface area contributed by atoms with E-state index >= 15 is 0 Å². The van der Waals surface area contributed by atoms with Gasteiger partial charge in [0.1, 0.15) is 5.82 Å². The lowest BCUT2D eigenvalue weighted by Crippen LogP contribution is -2.14. The second-order valence-electron chi connectivity index (χ2n) is 13.0. The molecule has 0 amide bonds. The van der Waals surface area contributed by atoms with Crippen LogP contribution in [0.5, 0.6) is 0 Å². The van der Waals surface area contributed by atoms with E-state index in [0.717, 1.165) is 71.9 Å². The van der Waals surface area contributed by atoms with Crippen LogP contribution in [0.3, 0.4) is 0 Å². The number of fused-ring (bicyclic) bond motifs is 6. The van der Waals surface area contributed by atoms with E-state index in [2.05, 4.69) is 71.3 Å². The van der Waals surface area contributed by atoms with Gasteiger partial charge in [0.15, 0.2) is 0 Å². The third-order valence-electron chi connectivity index (χ3n) is 10.3. The van der Waals surface area contributed by atoms with Gasteiger partial charge in [-0.1, -0.05) is 153 Å². The van der Waals surface area contributed by atoms with Crippen LogP contribution in [-0.2, 0) is 5.41 Å². The SMILES string of the molecule is [2H]C([2H])([2H])C1(C([2H])([2H])[2H])c2ccccc2-c2ccc(-c3c4ccccc4c(-c4ccccc4-c4nc5ccccc5n4-c4ccccc4)c4ccccc34)cc21. The van der Waals surface area contributed by atoms with Crippen LogP contribution in [0.15, 0.2) is 170 Å². The summed E-state index contributed by atoms with van der Waals surface area (Å²) in [4.78, 5) is 5.25. The average molecular weight is 645 g/mol. The molecule has 0 unspecified atom stereocenters. The average Bonchev–Trinajstić information content (AvgIpc) is 3.74. The number of para-hydroxylation sites is 3. The van der Waals surface area contributed by atoms with Gasteiger partial charge in [0, 0.05) is 24.9 Å². The Bertz CT molecular complexity index is 2940. The van der Waals surface area contributed by atoms with Crippen LogP contribution in [0, 0.1) is 0 Å². The highest BCUT2D eigenvalue weighted by atomic mass is 15.1. The highest BCUT2D eigenvalue weighted by molar-refractivity contribution is 6.22. The van der Waals surface area contributed by atoms with Crippen LogP contribution in [0.25, 0.3) is 83.0 Å². The lowest BCUT2D eigenvalue weighted by molar-refractivity contribution is 0.660. The van der Waals surface area contributed by atoms with Crippen molar-refractivity contribution in [2.75, 3.05) is 0 Å². The minimum Gasteiger partial charge on any atom is -0.292 e. The summed E-state index contributed by atoms with van der Waals surface area (Å²) in [7, 11) is 0. The molecule has 0 atom stereocenters. The van der Waals surface area contributed by atoms with E-state index in [1.807, 2.05) is 91.0 Å². The zero-order valence-electron chi connectivity index (χ0n) is 33.1. The molecule has 0 aliphatic heterocycles. The number of benzene rings is 8. The van der Waals surface area contributed by atoms with Crippen molar-refractivity contribution in [3.8, 4) is 50.5 Å². The van der Waals surface area contributed by atoms with Crippen molar-refractivity contribution in [1.82, 2.24) is 9.55 Å². The zero-order valence-corrected chi connectivity index (χ0v) is 27.1. The second-order valence-corrected chi connectivity index (χ2v) is 13.0. The van der Waals surface area contributed by atoms with E-state index in [4.69, 9.17) is 13.2 Å². The fourth-order valence-electron chi connectivity index (χ4n) is 8.11. The first kappa shape index (κ1) is 23.2. The summed E-state index contributed by atoms with van der Waals surface area (Å²) in [6.45, 7) is -5.71. The Morgan fingerprint density at radius 3 is 1.76 bits per heavy atom. The Kier molecular flexibility index (Phi) is 5.04. The standard InChI is InChI=1S/C48H34N2/c1-48(2)41-25-13-12-18-33(41)34-29-28-31(30-42(34)48)45-35-19-6-8-21-37(35)46(38-22-9-7-20-36(38)45)39-23-10-11-24-40(39)47-49-43-26-14-15-27-44(43)50(47)32-16-4-3-5-17-32/h3-30H,1-2H3/i1D3,2D3. The van der Waals surface area contributed by atoms with Gasteiger partial charge in [-0.3, -0.25) is 4.57 Å². The van der Waals surface area contributed by atoms with Crippen molar-refractivity contribution in [3.63, 3.8) is 0 Å². The number of hydrogen-bond acceptors (Lipinski definition) is 1. The fraction of sp³-hybridized carbons (Fsp3) is 0.0625.